The first kappa shape index (κ1) is 13.9. The predicted molar refractivity (Wildman–Crippen MR) is 82.1 cm³/mol. The maximum absolute atomic E-state index is 5.99. The fourth-order valence-electron chi connectivity index (χ4n) is 2.05. The van der Waals surface area contributed by atoms with Gasteiger partial charge in [-0.2, -0.15) is 0 Å². The van der Waals surface area contributed by atoms with Crippen molar-refractivity contribution in [3.05, 3.63) is 64.7 Å². The molecule has 0 aliphatic carbocycles. The zero-order valence-electron chi connectivity index (χ0n) is 11.1. The van der Waals surface area contributed by atoms with Crippen LogP contribution in [0.15, 0.2) is 48.5 Å². The van der Waals surface area contributed by atoms with Crippen LogP contribution in [0.3, 0.4) is 0 Å². The van der Waals surface area contributed by atoms with Crippen LogP contribution in [0.2, 0.25) is 5.02 Å². The highest BCUT2D eigenvalue weighted by Gasteiger charge is 2.07. The quantitative estimate of drug-likeness (QED) is 0.837. The molecule has 2 aromatic carbocycles. The van der Waals surface area contributed by atoms with Crippen LogP contribution in [0.4, 0.5) is 5.69 Å². The van der Waals surface area contributed by atoms with Gasteiger partial charge in [0.15, 0.2) is 0 Å². The first-order valence-corrected chi connectivity index (χ1v) is 6.87. The lowest BCUT2D eigenvalue weighted by Crippen LogP contribution is -2.22. The lowest BCUT2D eigenvalue weighted by molar-refractivity contribution is 0.272. The molecule has 0 aliphatic rings. The maximum Gasteiger partial charge on any atom is 0.0406 e. The van der Waals surface area contributed by atoms with Gasteiger partial charge in [-0.15, -0.1) is 0 Å². The molecule has 0 saturated heterocycles. The van der Waals surface area contributed by atoms with E-state index >= 15 is 0 Å². The number of rotatable bonds is 5. The second-order valence-corrected chi connectivity index (χ2v) is 5.06. The van der Waals surface area contributed by atoms with E-state index in [-0.39, 0.29) is 0 Å². The largest absolute Gasteiger partial charge is 0.398 e. The Hall–Kier alpha value is -1.51. The number of hydrogen-bond donors (Lipinski definition) is 1. The number of nitrogen functional groups attached to an aromatic ring is 1. The standard InChI is InChI=1S/C16H19ClN2/c1-2-19(11-13-7-9-15(17)10-8-13)12-14-5-3-4-6-16(14)18/h3-10H,2,11-12,18H2,1H3. The van der Waals surface area contributed by atoms with Crippen LogP contribution in [-0.2, 0) is 13.1 Å². The van der Waals surface area contributed by atoms with Gasteiger partial charge in [0.2, 0.25) is 0 Å². The summed E-state index contributed by atoms with van der Waals surface area (Å²) < 4.78 is 0. The summed E-state index contributed by atoms with van der Waals surface area (Å²) in [6.45, 7) is 4.92. The summed E-state index contributed by atoms with van der Waals surface area (Å²) in [6.07, 6.45) is 0. The fraction of sp³-hybridized carbons (Fsp3) is 0.250. The van der Waals surface area contributed by atoms with E-state index in [9.17, 15) is 0 Å². The Morgan fingerprint density at radius 1 is 1.00 bits per heavy atom. The molecule has 0 spiro atoms. The maximum atomic E-state index is 5.99. The van der Waals surface area contributed by atoms with Gasteiger partial charge in [-0.1, -0.05) is 48.9 Å². The van der Waals surface area contributed by atoms with Crippen LogP contribution in [0.5, 0.6) is 0 Å². The summed E-state index contributed by atoms with van der Waals surface area (Å²) in [5, 5.41) is 0.777. The third-order valence-corrected chi connectivity index (χ3v) is 3.47. The van der Waals surface area contributed by atoms with E-state index in [1.165, 1.54) is 11.1 Å². The van der Waals surface area contributed by atoms with Gasteiger partial charge in [0.25, 0.3) is 0 Å². The number of hydrogen-bond acceptors (Lipinski definition) is 2. The molecule has 0 radical (unpaired) electrons. The molecule has 2 N–H and O–H groups in total. The van der Waals surface area contributed by atoms with Crippen molar-refractivity contribution in [2.45, 2.75) is 20.0 Å². The molecule has 0 unspecified atom stereocenters. The van der Waals surface area contributed by atoms with E-state index in [0.717, 1.165) is 30.3 Å². The summed E-state index contributed by atoms with van der Waals surface area (Å²) >= 11 is 5.90. The summed E-state index contributed by atoms with van der Waals surface area (Å²) in [4.78, 5) is 2.36. The number of benzene rings is 2. The Labute approximate surface area is 119 Å². The van der Waals surface area contributed by atoms with Gasteiger partial charge in [-0.25, -0.2) is 0 Å². The SMILES string of the molecule is CCN(Cc1ccc(Cl)cc1)Cc1ccccc1N. The van der Waals surface area contributed by atoms with Crippen molar-refractivity contribution in [1.82, 2.24) is 4.90 Å². The minimum Gasteiger partial charge on any atom is -0.398 e. The summed E-state index contributed by atoms with van der Waals surface area (Å²) in [6, 6.07) is 16.0. The van der Waals surface area contributed by atoms with Crippen LogP contribution >= 0.6 is 11.6 Å². The van der Waals surface area contributed by atoms with Gasteiger partial charge >= 0.3 is 0 Å². The highest BCUT2D eigenvalue weighted by Crippen LogP contribution is 2.16. The fourth-order valence-corrected chi connectivity index (χ4v) is 2.17. The van der Waals surface area contributed by atoms with Gasteiger partial charge in [0, 0.05) is 23.8 Å². The number of para-hydroxylation sites is 1. The van der Waals surface area contributed by atoms with E-state index in [2.05, 4.69) is 30.0 Å². The first-order chi connectivity index (χ1) is 9.19. The highest BCUT2D eigenvalue weighted by molar-refractivity contribution is 6.30. The van der Waals surface area contributed by atoms with Crippen molar-refractivity contribution in [1.29, 1.82) is 0 Å². The Morgan fingerprint density at radius 3 is 2.32 bits per heavy atom. The molecule has 0 atom stereocenters. The molecule has 0 heterocycles. The second kappa shape index (κ2) is 6.60. The highest BCUT2D eigenvalue weighted by atomic mass is 35.5. The number of nitrogens with two attached hydrogens (primary N) is 1. The average Bonchev–Trinajstić information content (AvgIpc) is 2.43. The van der Waals surface area contributed by atoms with Gasteiger partial charge in [0.1, 0.15) is 0 Å². The molecule has 2 rings (SSSR count). The molecule has 0 amide bonds. The molecule has 2 nitrogen and oxygen atoms in total. The van der Waals surface area contributed by atoms with E-state index in [4.69, 9.17) is 17.3 Å². The van der Waals surface area contributed by atoms with Crippen LogP contribution in [-0.4, -0.2) is 11.4 Å². The molecule has 3 heteroatoms. The molecule has 0 saturated carbocycles. The minimum absolute atomic E-state index is 0.777. The molecule has 100 valence electrons. The Bertz CT molecular complexity index is 523. The molecule has 0 aliphatic heterocycles. The van der Waals surface area contributed by atoms with Crippen LogP contribution in [0.1, 0.15) is 18.1 Å². The monoisotopic (exact) mass is 274 g/mol. The van der Waals surface area contributed by atoms with Gasteiger partial charge in [-0.05, 0) is 35.9 Å². The third kappa shape index (κ3) is 3.98. The van der Waals surface area contributed by atoms with Crippen molar-refractivity contribution < 1.29 is 0 Å². The van der Waals surface area contributed by atoms with Crippen LogP contribution in [0.25, 0.3) is 0 Å². The molecule has 2 aromatic rings. The van der Waals surface area contributed by atoms with Crippen LogP contribution < -0.4 is 5.73 Å². The van der Waals surface area contributed by atoms with Crippen molar-refractivity contribution in [3.8, 4) is 0 Å². The average molecular weight is 275 g/mol. The third-order valence-electron chi connectivity index (χ3n) is 3.22. The molecular formula is C16H19ClN2. The number of halogens is 1. The van der Waals surface area contributed by atoms with Crippen LogP contribution in [0, 0.1) is 0 Å². The van der Waals surface area contributed by atoms with Gasteiger partial charge < -0.3 is 5.73 Å². The van der Waals surface area contributed by atoms with E-state index in [1.807, 2.05) is 30.3 Å². The lowest BCUT2D eigenvalue weighted by Gasteiger charge is -2.21. The smallest absolute Gasteiger partial charge is 0.0406 e. The van der Waals surface area contributed by atoms with Gasteiger partial charge in [0.05, 0.1) is 0 Å². The van der Waals surface area contributed by atoms with Gasteiger partial charge in [-0.3, -0.25) is 4.90 Å². The number of nitrogens with zero attached hydrogens (tertiary/aromatic N) is 1. The molecule has 0 fully saturated rings. The second-order valence-electron chi connectivity index (χ2n) is 4.63. The molecule has 0 bridgehead atoms. The van der Waals surface area contributed by atoms with Crippen molar-refractivity contribution in [2.24, 2.45) is 0 Å². The van der Waals surface area contributed by atoms with E-state index in [0.29, 0.717) is 0 Å². The topological polar surface area (TPSA) is 29.3 Å². The Balaban J connectivity index is 2.05. The Morgan fingerprint density at radius 2 is 1.68 bits per heavy atom. The molecule has 19 heavy (non-hydrogen) atoms. The van der Waals surface area contributed by atoms with E-state index < -0.39 is 0 Å². The van der Waals surface area contributed by atoms with Crippen molar-refractivity contribution in [2.75, 3.05) is 12.3 Å². The van der Waals surface area contributed by atoms with Crippen molar-refractivity contribution in [3.63, 3.8) is 0 Å². The minimum atomic E-state index is 0.777. The zero-order valence-corrected chi connectivity index (χ0v) is 11.9. The molecule has 0 aromatic heterocycles. The lowest BCUT2D eigenvalue weighted by atomic mass is 10.1. The number of anilines is 1. The first-order valence-electron chi connectivity index (χ1n) is 6.49. The summed E-state index contributed by atoms with van der Waals surface area (Å²) in [7, 11) is 0. The summed E-state index contributed by atoms with van der Waals surface area (Å²) in [5.41, 5.74) is 9.29. The molecular weight excluding hydrogens is 256 g/mol. The van der Waals surface area contributed by atoms with Crippen molar-refractivity contribution >= 4 is 17.3 Å². The Kier molecular flexibility index (Phi) is 4.83. The zero-order chi connectivity index (χ0) is 13.7. The van der Waals surface area contributed by atoms with E-state index in [1.54, 1.807) is 0 Å². The summed E-state index contributed by atoms with van der Waals surface area (Å²) in [5.74, 6) is 0. The predicted octanol–water partition coefficient (Wildman–Crippen LogP) is 3.94. The normalized spacial score (nSPS) is 10.9.